The molecule has 1 N–H and O–H groups in total. The fourth-order valence-electron chi connectivity index (χ4n) is 5.02. The monoisotopic (exact) mass is 554 g/mol. The van der Waals surface area contributed by atoms with E-state index in [9.17, 15) is 14.7 Å². The zero-order chi connectivity index (χ0) is 28.7. The van der Waals surface area contributed by atoms with Crippen molar-refractivity contribution in [2.75, 3.05) is 13.2 Å². The van der Waals surface area contributed by atoms with Crippen LogP contribution in [0.4, 0.5) is 0 Å². The Morgan fingerprint density at radius 2 is 0.795 bits per heavy atom. The van der Waals surface area contributed by atoms with Gasteiger partial charge >= 0.3 is 11.9 Å². The number of carbonyl (C=O) groups excluding carboxylic acids is 2. The minimum absolute atomic E-state index is 0.0584. The molecule has 5 nitrogen and oxygen atoms in total. The van der Waals surface area contributed by atoms with E-state index in [-0.39, 0.29) is 25.2 Å². The van der Waals surface area contributed by atoms with E-state index in [0.717, 1.165) is 38.5 Å². The van der Waals surface area contributed by atoms with Crippen molar-refractivity contribution in [3.05, 3.63) is 0 Å². The fourth-order valence-corrected chi connectivity index (χ4v) is 5.02. The highest BCUT2D eigenvalue weighted by Gasteiger charge is 2.16. The zero-order valence-corrected chi connectivity index (χ0v) is 26.2. The van der Waals surface area contributed by atoms with E-state index in [1.807, 2.05) is 0 Å². The second-order valence-electron chi connectivity index (χ2n) is 11.6. The first kappa shape index (κ1) is 37.9. The lowest BCUT2D eigenvalue weighted by molar-refractivity contribution is -0.161. The molecule has 0 radical (unpaired) electrons. The van der Waals surface area contributed by atoms with Gasteiger partial charge in [0, 0.05) is 12.8 Å². The van der Waals surface area contributed by atoms with Crippen LogP contribution in [0.1, 0.15) is 187 Å². The first-order chi connectivity index (χ1) is 19.1. The van der Waals surface area contributed by atoms with Gasteiger partial charge < -0.3 is 14.6 Å². The number of ether oxygens (including phenoxy) is 2. The fraction of sp³-hybridized carbons (Fsp3) is 0.941. The summed E-state index contributed by atoms with van der Waals surface area (Å²) in [6.45, 7) is 4.11. The van der Waals surface area contributed by atoms with Gasteiger partial charge in [-0.05, 0) is 12.8 Å². The second kappa shape index (κ2) is 31.4. The molecule has 0 bridgehead atoms. The van der Waals surface area contributed by atoms with Gasteiger partial charge in [0.2, 0.25) is 0 Å². The Balaban J connectivity index is 3.49. The van der Waals surface area contributed by atoms with Crippen LogP contribution in [0.2, 0.25) is 0 Å². The Morgan fingerprint density at radius 3 is 1.13 bits per heavy atom. The number of aliphatic hydroxyl groups excluding tert-OH is 1. The number of hydrogen-bond acceptors (Lipinski definition) is 5. The summed E-state index contributed by atoms with van der Waals surface area (Å²) in [4.78, 5) is 24.0. The van der Waals surface area contributed by atoms with Gasteiger partial charge in [-0.1, -0.05) is 162 Å². The van der Waals surface area contributed by atoms with Gasteiger partial charge in [0.1, 0.15) is 6.61 Å². The smallest absolute Gasteiger partial charge is 0.306 e. The van der Waals surface area contributed by atoms with Gasteiger partial charge in [-0.2, -0.15) is 0 Å². The van der Waals surface area contributed by atoms with Crippen molar-refractivity contribution in [2.24, 2.45) is 0 Å². The molecule has 0 aliphatic rings. The summed E-state index contributed by atoms with van der Waals surface area (Å²) in [5, 5.41) is 9.47. The van der Waals surface area contributed by atoms with Crippen LogP contribution in [-0.2, 0) is 19.1 Å². The molecule has 0 aromatic rings. The van der Waals surface area contributed by atoms with E-state index in [4.69, 9.17) is 9.47 Å². The molecule has 1 atom stereocenters. The number of hydrogen-bond donors (Lipinski definition) is 1. The summed E-state index contributed by atoms with van der Waals surface area (Å²) in [7, 11) is 0. The predicted octanol–water partition coefficient (Wildman–Crippen LogP) is 10.0. The quantitative estimate of drug-likeness (QED) is 0.0681. The van der Waals surface area contributed by atoms with Gasteiger partial charge in [0.15, 0.2) is 6.10 Å². The maximum atomic E-state index is 12.1. The summed E-state index contributed by atoms with van der Waals surface area (Å²) in [6, 6.07) is 0. The highest BCUT2D eigenvalue weighted by Crippen LogP contribution is 2.15. The summed E-state index contributed by atoms with van der Waals surface area (Å²) in [5.74, 6) is -0.585. The van der Waals surface area contributed by atoms with Gasteiger partial charge in [-0.25, -0.2) is 0 Å². The lowest BCUT2D eigenvalue weighted by atomic mass is 10.0. The third-order valence-electron chi connectivity index (χ3n) is 7.65. The molecular weight excluding hydrogens is 488 g/mol. The Labute approximate surface area is 242 Å². The van der Waals surface area contributed by atoms with E-state index < -0.39 is 6.10 Å². The lowest BCUT2D eigenvalue weighted by Gasteiger charge is -2.15. The molecule has 5 heteroatoms. The molecule has 0 aliphatic carbocycles. The molecule has 0 saturated carbocycles. The summed E-state index contributed by atoms with van der Waals surface area (Å²) >= 11 is 0. The number of unbranched alkanes of at least 4 members (excludes halogenated alkanes) is 23. The van der Waals surface area contributed by atoms with Gasteiger partial charge in [-0.15, -0.1) is 0 Å². The van der Waals surface area contributed by atoms with E-state index in [1.165, 1.54) is 122 Å². The Morgan fingerprint density at radius 1 is 0.487 bits per heavy atom. The van der Waals surface area contributed by atoms with Crippen LogP contribution in [0.15, 0.2) is 0 Å². The van der Waals surface area contributed by atoms with E-state index >= 15 is 0 Å². The second-order valence-corrected chi connectivity index (χ2v) is 11.6. The van der Waals surface area contributed by atoms with Crippen LogP contribution >= 0.6 is 0 Å². The Kier molecular flexibility index (Phi) is 30.5. The van der Waals surface area contributed by atoms with Gasteiger partial charge in [0.05, 0.1) is 6.61 Å². The Bertz CT molecular complexity index is 522. The molecule has 0 aliphatic heterocycles. The summed E-state index contributed by atoms with van der Waals surface area (Å²) < 4.78 is 10.5. The average Bonchev–Trinajstić information content (AvgIpc) is 2.94. The van der Waals surface area contributed by atoms with E-state index in [2.05, 4.69) is 13.8 Å². The van der Waals surface area contributed by atoms with Crippen molar-refractivity contribution in [3.8, 4) is 0 Å². The summed E-state index contributed by atoms with van der Waals surface area (Å²) in [5.41, 5.74) is 0. The maximum Gasteiger partial charge on any atom is 0.306 e. The van der Waals surface area contributed by atoms with Crippen LogP contribution in [0.3, 0.4) is 0 Å². The third kappa shape index (κ3) is 29.7. The van der Waals surface area contributed by atoms with Crippen LogP contribution in [0, 0.1) is 0 Å². The molecule has 0 saturated heterocycles. The Hall–Kier alpha value is -1.10. The molecule has 0 spiro atoms. The van der Waals surface area contributed by atoms with Crippen LogP contribution in [0.25, 0.3) is 0 Å². The molecule has 0 heterocycles. The predicted molar refractivity (Wildman–Crippen MR) is 164 cm³/mol. The van der Waals surface area contributed by atoms with Crippen LogP contribution in [-0.4, -0.2) is 36.4 Å². The topological polar surface area (TPSA) is 72.8 Å². The SMILES string of the molecule is CCCCCCCCCCCCCCCCCCCC(=O)O[C@@H](CO)COC(=O)CCCCCCCCCC. The number of carbonyl (C=O) groups is 2. The van der Waals surface area contributed by atoms with Crippen LogP contribution in [0.5, 0.6) is 0 Å². The van der Waals surface area contributed by atoms with E-state index in [0.29, 0.717) is 12.8 Å². The number of rotatable bonds is 31. The highest BCUT2D eigenvalue weighted by molar-refractivity contribution is 5.70. The van der Waals surface area contributed by atoms with Crippen molar-refractivity contribution in [1.29, 1.82) is 0 Å². The molecule has 39 heavy (non-hydrogen) atoms. The van der Waals surface area contributed by atoms with Crippen LogP contribution < -0.4 is 0 Å². The standard InChI is InChI=1S/C34H66O5/c1-3-5-7-9-11-13-14-15-16-17-18-19-20-21-23-25-27-29-34(37)39-32(30-35)31-38-33(36)28-26-24-22-12-10-8-6-4-2/h32,35H,3-31H2,1-2H3/t32-/m0/s1. The molecule has 0 unspecified atom stereocenters. The van der Waals surface area contributed by atoms with Gasteiger partial charge in [0.25, 0.3) is 0 Å². The minimum atomic E-state index is -0.759. The lowest BCUT2D eigenvalue weighted by Crippen LogP contribution is -2.28. The molecule has 232 valence electrons. The van der Waals surface area contributed by atoms with Gasteiger partial charge in [-0.3, -0.25) is 9.59 Å². The van der Waals surface area contributed by atoms with Crippen molar-refractivity contribution in [3.63, 3.8) is 0 Å². The van der Waals surface area contributed by atoms with E-state index in [1.54, 1.807) is 0 Å². The first-order valence-electron chi connectivity index (χ1n) is 17.1. The molecule has 0 amide bonds. The van der Waals surface area contributed by atoms with Crippen molar-refractivity contribution in [2.45, 2.75) is 193 Å². The summed E-state index contributed by atoms with van der Waals surface area (Å²) in [6.07, 6.45) is 31.6. The number of aliphatic hydroxyl groups is 1. The average molecular weight is 555 g/mol. The molecule has 0 rings (SSSR count). The van der Waals surface area contributed by atoms with Crippen molar-refractivity contribution in [1.82, 2.24) is 0 Å². The molecule has 0 aromatic carbocycles. The maximum absolute atomic E-state index is 12.1. The highest BCUT2D eigenvalue weighted by atomic mass is 16.6. The minimum Gasteiger partial charge on any atom is -0.462 e. The normalized spacial score (nSPS) is 12.0. The third-order valence-corrected chi connectivity index (χ3v) is 7.65. The molecular formula is C34H66O5. The van der Waals surface area contributed by atoms with Crippen molar-refractivity contribution >= 4 is 11.9 Å². The zero-order valence-electron chi connectivity index (χ0n) is 26.2. The first-order valence-corrected chi connectivity index (χ1v) is 17.1. The van der Waals surface area contributed by atoms with Crippen molar-refractivity contribution < 1.29 is 24.2 Å². The molecule has 0 fully saturated rings. The number of esters is 2. The molecule has 0 aromatic heterocycles. The largest absolute Gasteiger partial charge is 0.462 e.